The van der Waals surface area contributed by atoms with E-state index in [-0.39, 0.29) is 5.91 Å². The van der Waals surface area contributed by atoms with Crippen LogP contribution >= 0.6 is 0 Å². The van der Waals surface area contributed by atoms with Crippen molar-refractivity contribution in [3.8, 4) is 5.75 Å². The number of aromatic amines is 1. The van der Waals surface area contributed by atoms with Crippen LogP contribution < -0.4 is 4.74 Å². The van der Waals surface area contributed by atoms with Crippen molar-refractivity contribution in [3.05, 3.63) is 90.2 Å². The molecule has 6 nitrogen and oxygen atoms in total. The highest BCUT2D eigenvalue weighted by atomic mass is 16.5. The Balaban J connectivity index is 1.29. The van der Waals surface area contributed by atoms with Crippen LogP contribution in [-0.2, 0) is 6.61 Å². The van der Waals surface area contributed by atoms with E-state index in [0.717, 1.165) is 34.3 Å². The maximum atomic E-state index is 13.0. The lowest BCUT2D eigenvalue weighted by atomic mass is 9.99. The number of nitrogens with one attached hydrogen (secondary N) is 1. The van der Waals surface area contributed by atoms with Gasteiger partial charge in [0.15, 0.2) is 5.76 Å². The summed E-state index contributed by atoms with van der Waals surface area (Å²) < 4.78 is 11.3. The minimum absolute atomic E-state index is 0.109. The van der Waals surface area contributed by atoms with Crippen molar-refractivity contribution in [2.24, 2.45) is 0 Å². The molecule has 3 aromatic heterocycles. The number of nitrogens with zero attached hydrogens (tertiary/aromatic N) is 2. The van der Waals surface area contributed by atoms with Crippen molar-refractivity contribution < 1.29 is 13.9 Å². The van der Waals surface area contributed by atoms with Gasteiger partial charge in [0.05, 0.1) is 6.26 Å². The molecule has 1 aromatic carbocycles. The van der Waals surface area contributed by atoms with Crippen LogP contribution in [0.3, 0.4) is 0 Å². The van der Waals surface area contributed by atoms with Crippen LogP contribution in [0.1, 0.15) is 28.1 Å². The Morgan fingerprint density at radius 3 is 2.90 bits per heavy atom. The third-order valence-electron chi connectivity index (χ3n) is 5.37. The molecular weight excluding hydrogens is 378 g/mol. The Morgan fingerprint density at radius 1 is 1.17 bits per heavy atom. The van der Waals surface area contributed by atoms with Gasteiger partial charge in [-0.15, -0.1) is 0 Å². The molecule has 5 rings (SSSR count). The van der Waals surface area contributed by atoms with E-state index in [1.807, 2.05) is 42.6 Å². The van der Waals surface area contributed by atoms with Gasteiger partial charge in [-0.1, -0.05) is 24.3 Å². The first-order chi connectivity index (χ1) is 14.8. The van der Waals surface area contributed by atoms with E-state index in [4.69, 9.17) is 9.15 Å². The van der Waals surface area contributed by atoms with Gasteiger partial charge in [-0.25, -0.2) is 4.98 Å². The number of hydrogen-bond acceptors (Lipinski definition) is 4. The van der Waals surface area contributed by atoms with Crippen molar-refractivity contribution in [2.45, 2.75) is 13.0 Å². The number of rotatable bonds is 5. The number of para-hydroxylation sites is 1. The lowest BCUT2D eigenvalue weighted by molar-refractivity contribution is 0.0737. The molecule has 0 bridgehead atoms. The van der Waals surface area contributed by atoms with Crippen LogP contribution in [-0.4, -0.2) is 33.9 Å². The number of hydrogen-bond donors (Lipinski definition) is 1. The monoisotopic (exact) mass is 399 g/mol. The summed E-state index contributed by atoms with van der Waals surface area (Å²) in [4.78, 5) is 22.4. The molecule has 0 fully saturated rings. The second-order valence-electron chi connectivity index (χ2n) is 7.21. The fourth-order valence-corrected chi connectivity index (χ4v) is 3.78. The first-order valence-corrected chi connectivity index (χ1v) is 9.94. The number of fused-ring (bicyclic) bond motifs is 1. The second kappa shape index (κ2) is 7.91. The van der Waals surface area contributed by atoms with Crippen molar-refractivity contribution in [2.75, 3.05) is 13.1 Å². The van der Waals surface area contributed by atoms with E-state index in [1.165, 1.54) is 5.57 Å². The molecule has 1 aliphatic rings. The summed E-state index contributed by atoms with van der Waals surface area (Å²) in [6.45, 7) is 1.47. The maximum Gasteiger partial charge on any atom is 0.290 e. The second-order valence-corrected chi connectivity index (χ2v) is 7.21. The number of benzene rings is 1. The first kappa shape index (κ1) is 18.2. The Labute approximate surface area is 173 Å². The van der Waals surface area contributed by atoms with E-state index in [1.54, 1.807) is 23.4 Å². The van der Waals surface area contributed by atoms with Crippen LogP contribution in [0.15, 0.2) is 77.7 Å². The molecule has 150 valence electrons. The van der Waals surface area contributed by atoms with Crippen LogP contribution in [0.4, 0.5) is 0 Å². The van der Waals surface area contributed by atoms with Gasteiger partial charge in [-0.2, -0.15) is 0 Å². The van der Waals surface area contributed by atoms with E-state index >= 15 is 0 Å². The van der Waals surface area contributed by atoms with Crippen LogP contribution in [0, 0.1) is 0 Å². The quantitative estimate of drug-likeness (QED) is 0.530. The van der Waals surface area contributed by atoms with Gasteiger partial charge in [0.2, 0.25) is 0 Å². The topological polar surface area (TPSA) is 71.4 Å². The minimum atomic E-state index is -0.109. The maximum absolute atomic E-state index is 13.0. The summed E-state index contributed by atoms with van der Waals surface area (Å²) in [5.74, 6) is 0.998. The number of furan rings is 1. The molecule has 0 aliphatic carbocycles. The highest BCUT2D eigenvalue weighted by molar-refractivity contribution is 5.94. The molecule has 6 heteroatoms. The smallest absolute Gasteiger partial charge is 0.290 e. The zero-order valence-electron chi connectivity index (χ0n) is 16.4. The molecular formula is C24H21N3O3. The molecule has 30 heavy (non-hydrogen) atoms. The van der Waals surface area contributed by atoms with Crippen LogP contribution in [0.5, 0.6) is 5.75 Å². The van der Waals surface area contributed by atoms with E-state index in [2.05, 4.69) is 22.1 Å². The molecule has 1 N–H and O–H groups in total. The van der Waals surface area contributed by atoms with Gasteiger partial charge in [-0.3, -0.25) is 4.79 Å². The highest BCUT2D eigenvalue weighted by Gasteiger charge is 2.25. The molecule has 0 radical (unpaired) electrons. The van der Waals surface area contributed by atoms with Crippen molar-refractivity contribution in [1.82, 2.24) is 14.9 Å². The highest BCUT2D eigenvalue weighted by Crippen LogP contribution is 2.29. The van der Waals surface area contributed by atoms with E-state index < -0.39 is 0 Å². The summed E-state index contributed by atoms with van der Waals surface area (Å²) in [5, 5.41) is 1.11. The summed E-state index contributed by atoms with van der Waals surface area (Å²) in [6, 6.07) is 15.3. The lowest BCUT2D eigenvalue weighted by Crippen LogP contribution is -2.35. The third kappa shape index (κ3) is 3.48. The van der Waals surface area contributed by atoms with Crippen LogP contribution in [0.2, 0.25) is 0 Å². The predicted molar refractivity (Wildman–Crippen MR) is 114 cm³/mol. The Bertz CT molecular complexity index is 1210. The number of carbonyl (C=O) groups is 1. The minimum Gasteiger partial charge on any atom is -0.489 e. The van der Waals surface area contributed by atoms with E-state index in [0.29, 0.717) is 25.5 Å². The Morgan fingerprint density at radius 2 is 2.07 bits per heavy atom. The fraction of sp³-hybridized carbons (Fsp3) is 0.167. The molecule has 0 spiro atoms. The van der Waals surface area contributed by atoms with Gasteiger partial charge >= 0.3 is 0 Å². The molecule has 0 unspecified atom stereocenters. The van der Waals surface area contributed by atoms with Gasteiger partial charge in [0, 0.05) is 42.0 Å². The number of carbonyl (C=O) groups excluding carboxylic acids is 1. The molecule has 0 atom stereocenters. The molecule has 0 saturated heterocycles. The average molecular weight is 399 g/mol. The Hall–Kier alpha value is -3.80. The Kier molecular flexibility index (Phi) is 4.81. The van der Waals surface area contributed by atoms with Gasteiger partial charge < -0.3 is 19.0 Å². The molecule has 0 saturated carbocycles. The normalized spacial score (nSPS) is 14.0. The fourth-order valence-electron chi connectivity index (χ4n) is 3.78. The average Bonchev–Trinajstić information content (AvgIpc) is 3.45. The largest absolute Gasteiger partial charge is 0.489 e. The van der Waals surface area contributed by atoms with Crippen LogP contribution in [0.25, 0.3) is 16.6 Å². The summed E-state index contributed by atoms with van der Waals surface area (Å²) >= 11 is 0. The summed E-state index contributed by atoms with van der Waals surface area (Å²) in [6.07, 6.45) is 8.21. The molecule has 4 heterocycles. The van der Waals surface area contributed by atoms with Gasteiger partial charge in [0.25, 0.3) is 5.91 Å². The molecule has 1 amide bonds. The standard InChI is InChI=1S/C24H21N3O3/c28-24(22-18(10-14-29-22)16-30-19-5-2-1-3-6-19)27-12-8-17(9-13-27)21-15-26-23-20(21)7-4-11-25-23/h1-8,10-11,14-15H,9,12-13,16H2,(H,25,26). The number of H-pyrrole nitrogens is 1. The SMILES string of the molecule is O=C(c1occc1COc1ccccc1)N1CC=C(c2c[nH]c3ncccc23)CC1. The molecule has 1 aliphatic heterocycles. The van der Waals surface area contributed by atoms with Crippen molar-refractivity contribution in [3.63, 3.8) is 0 Å². The van der Waals surface area contributed by atoms with Crippen molar-refractivity contribution in [1.29, 1.82) is 0 Å². The first-order valence-electron chi connectivity index (χ1n) is 9.94. The predicted octanol–water partition coefficient (Wildman–Crippen LogP) is 4.66. The molecule has 4 aromatic rings. The summed E-state index contributed by atoms with van der Waals surface area (Å²) in [7, 11) is 0. The number of aromatic nitrogens is 2. The number of amides is 1. The number of pyridine rings is 1. The lowest BCUT2D eigenvalue weighted by Gasteiger charge is -2.26. The van der Waals surface area contributed by atoms with E-state index in [9.17, 15) is 4.79 Å². The van der Waals surface area contributed by atoms with Gasteiger partial charge in [-0.05, 0) is 42.3 Å². The zero-order chi connectivity index (χ0) is 20.3. The third-order valence-corrected chi connectivity index (χ3v) is 5.37. The van der Waals surface area contributed by atoms with Crippen molar-refractivity contribution >= 4 is 22.5 Å². The van der Waals surface area contributed by atoms with Gasteiger partial charge in [0.1, 0.15) is 18.0 Å². The number of ether oxygens (including phenoxy) is 1. The zero-order valence-corrected chi connectivity index (χ0v) is 16.4. The summed E-state index contributed by atoms with van der Waals surface area (Å²) in [5.41, 5.74) is 4.01.